The normalized spacial score (nSPS) is 25.8. The first-order valence-electron chi connectivity index (χ1n) is 6.13. The van der Waals surface area contributed by atoms with Crippen LogP contribution >= 0.6 is 27.5 Å². The highest BCUT2D eigenvalue weighted by Crippen LogP contribution is 2.39. The van der Waals surface area contributed by atoms with Crippen LogP contribution in [0.2, 0.25) is 5.15 Å². The summed E-state index contributed by atoms with van der Waals surface area (Å²) in [6, 6.07) is 0. The lowest BCUT2D eigenvalue weighted by Gasteiger charge is -2.15. The number of anilines is 1. The summed E-state index contributed by atoms with van der Waals surface area (Å²) in [5.41, 5.74) is 5.39. The van der Waals surface area contributed by atoms with Crippen LogP contribution in [0.15, 0.2) is 9.27 Å². The number of rotatable bonds is 2. The number of aromatic amines is 1. The number of fused-ring (bicyclic) bond motifs is 1. The summed E-state index contributed by atoms with van der Waals surface area (Å²) in [5, 5.41) is 19.4. The number of nitrogen functional groups attached to an aromatic ring is 1. The van der Waals surface area contributed by atoms with Gasteiger partial charge >= 0.3 is 0 Å². The van der Waals surface area contributed by atoms with Crippen LogP contribution in [0.3, 0.4) is 0 Å². The summed E-state index contributed by atoms with van der Waals surface area (Å²) in [4.78, 5) is 18.5. The van der Waals surface area contributed by atoms with E-state index in [1.54, 1.807) is 0 Å². The molecule has 0 aliphatic carbocycles. The van der Waals surface area contributed by atoms with Crippen molar-refractivity contribution in [3.8, 4) is 0 Å². The van der Waals surface area contributed by atoms with Gasteiger partial charge in [0.25, 0.3) is 5.56 Å². The van der Waals surface area contributed by atoms with E-state index in [0.29, 0.717) is 4.47 Å². The average molecular weight is 380 g/mol. The van der Waals surface area contributed by atoms with Gasteiger partial charge in [-0.05, 0) is 15.9 Å². The molecule has 1 aliphatic rings. The summed E-state index contributed by atoms with van der Waals surface area (Å²) >= 11 is 9.49. The van der Waals surface area contributed by atoms with Crippen LogP contribution in [0.5, 0.6) is 0 Å². The molecule has 0 spiro atoms. The Balaban J connectivity index is 2.20. The molecule has 1 fully saturated rings. The van der Waals surface area contributed by atoms with Gasteiger partial charge in [0.1, 0.15) is 22.9 Å². The second-order valence-electron chi connectivity index (χ2n) is 4.74. The summed E-state index contributed by atoms with van der Waals surface area (Å²) in [5.74, 6) is -0.0485. The Kier molecular flexibility index (Phi) is 3.70. The zero-order chi connectivity index (χ0) is 15.3. The van der Waals surface area contributed by atoms with E-state index in [-0.39, 0.29) is 35.2 Å². The third kappa shape index (κ3) is 2.25. The number of aliphatic hydroxyl groups is 2. The Bertz CT molecular complexity index is 761. The molecule has 0 unspecified atom stereocenters. The number of halogens is 2. The highest BCUT2D eigenvalue weighted by atomic mass is 79.9. The molecule has 3 rings (SSSR count). The Morgan fingerprint density at radius 1 is 1.62 bits per heavy atom. The molecule has 0 radical (unpaired) electrons. The maximum atomic E-state index is 12.0. The standard InChI is InChI=1S/C11H12BrClN4O4/c12-7-6-9(15-11(14)16-10(6)20)17(8(7)13)5-1-3(19)4(2-18)21-5/h3-5,18-19H,1-2H2,(H3,14,15,16,20)/t3-,4+,5+/m0/s1. The van der Waals surface area contributed by atoms with E-state index in [1.165, 1.54) is 4.57 Å². The molecule has 114 valence electrons. The molecular formula is C11H12BrClN4O4. The summed E-state index contributed by atoms with van der Waals surface area (Å²) < 4.78 is 7.41. The molecule has 0 amide bonds. The lowest BCUT2D eigenvalue weighted by molar-refractivity contribution is -0.0429. The number of ether oxygens (including phenoxy) is 1. The van der Waals surface area contributed by atoms with Gasteiger partial charge in [0, 0.05) is 6.42 Å². The van der Waals surface area contributed by atoms with Crippen molar-refractivity contribution in [2.75, 3.05) is 12.3 Å². The van der Waals surface area contributed by atoms with E-state index in [2.05, 4.69) is 25.9 Å². The fourth-order valence-electron chi connectivity index (χ4n) is 2.45. The Hall–Kier alpha value is -1.13. The second kappa shape index (κ2) is 5.25. The van der Waals surface area contributed by atoms with Crippen LogP contribution in [0, 0.1) is 0 Å². The SMILES string of the molecule is Nc1nc2c(c(Br)c(Cl)n2[C@H]2C[C@H](O)[C@@H](CO)O2)c(=O)[nH]1. The van der Waals surface area contributed by atoms with Crippen molar-refractivity contribution in [2.24, 2.45) is 0 Å². The van der Waals surface area contributed by atoms with Crippen molar-refractivity contribution in [2.45, 2.75) is 24.9 Å². The molecule has 8 nitrogen and oxygen atoms in total. The van der Waals surface area contributed by atoms with Crippen LogP contribution in [0.1, 0.15) is 12.6 Å². The van der Waals surface area contributed by atoms with E-state index in [4.69, 9.17) is 27.2 Å². The van der Waals surface area contributed by atoms with Crippen LogP contribution in [-0.2, 0) is 4.74 Å². The van der Waals surface area contributed by atoms with Gasteiger partial charge in [0.15, 0.2) is 5.65 Å². The highest BCUT2D eigenvalue weighted by Gasteiger charge is 2.37. The molecule has 2 aromatic heterocycles. The van der Waals surface area contributed by atoms with E-state index < -0.39 is 24.0 Å². The predicted octanol–water partition coefficient (Wildman–Crippen LogP) is 0.363. The smallest absolute Gasteiger partial charge is 0.263 e. The number of hydrogen-bond acceptors (Lipinski definition) is 6. The molecule has 5 N–H and O–H groups in total. The van der Waals surface area contributed by atoms with Crippen molar-refractivity contribution in [1.82, 2.24) is 14.5 Å². The molecule has 1 aliphatic heterocycles. The lowest BCUT2D eigenvalue weighted by Crippen LogP contribution is -2.24. The molecule has 3 atom stereocenters. The highest BCUT2D eigenvalue weighted by molar-refractivity contribution is 9.10. The van der Waals surface area contributed by atoms with E-state index in [1.807, 2.05) is 0 Å². The van der Waals surface area contributed by atoms with Crippen molar-refractivity contribution < 1.29 is 14.9 Å². The molecule has 0 saturated carbocycles. The van der Waals surface area contributed by atoms with Gasteiger partial charge in [0.05, 0.1) is 17.2 Å². The van der Waals surface area contributed by atoms with Gasteiger partial charge < -0.3 is 20.7 Å². The zero-order valence-corrected chi connectivity index (χ0v) is 12.9. The van der Waals surface area contributed by atoms with Crippen molar-refractivity contribution in [3.63, 3.8) is 0 Å². The Labute approximate surface area is 131 Å². The molecule has 21 heavy (non-hydrogen) atoms. The molecule has 10 heteroatoms. The topological polar surface area (TPSA) is 126 Å². The van der Waals surface area contributed by atoms with Crippen molar-refractivity contribution >= 4 is 44.5 Å². The number of H-pyrrole nitrogens is 1. The fraction of sp³-hybridized carbons (Fsp3) is 0.455. The van der Waals surface area contributed by atoms with Crippen LogP contribution in [-0.4, -0.2) is 43.6 Å². The van der Waals surface area contributed by atoms with Crippen LogP contribution in [0.25, 0.3) is 11.0 Å². The number of aromatic nitrogens is 3. The first-order chi connectivity index (χ1) is 9.93. The van der Waals surface area contributed by atoms with Crippen LogP contribution in [0.4, 0.5) is 5.95 Å². The second-order valence-corrected chi connectivity index (χ2v) is 5.89. The monoisotopic (exact) mass is 378 g/mol. The molecule has 0 aromatic carbocycles. The minimum atomic E-state index is -0.827. The number of nitrogens with one attached hydrogen (secondary N) is 1. The van der Waals surface area contributed by atoms with Gasteiger partial charge in [-0.25, -0.2) is 0 Å². The zero-order valence-electron chi connectivity index (χ0n) is 10.6. The maximum absolute atomic E-state index is 12.0. The van der Waals surface area contributed by atoms with Gasteiger partial charge in [0.2, 0.25) is 5.95 Å². The first-order valence-corrected chi connectivity index (χ1v) is 7.30. The lowest BCUT2D eigenvalue weighted by atomic mass is 10.2. The van der Waals surface area contributed by atoms with Crippen LogP contribution < -0.4 is 11.3 Å². The van der Waals surface area contributed by atoms with E-state index in [0.717, 1.165) is 0 Å². The van der Waals surface area contributed by atoms with Gasteiger partial charge in [-0.2, -0.15) is 4.98 Å². The van der Waals surface area contributed by atoms with E-state index >= 15 is 0 Å². The van der Waals surface area contributed by atoms with Gasteiger partial charge in [-0.15, -0.1) is 0 Å². The molecule has 2 aromatic rings. The number of aliphatic hydroxyl groups excluding tert-OH is 2. The summed E-state index contributed by atoms with van der Waals surface area (Å²) in [6.45, 7) is -0.314. The Morgan fingerprint density at radius 3 is 2.95 bits per heavy atom. The number of nitrogens with zero attached hydrogens (tertiary/aromatic N) is 2. The Morgan fingerprint density at radius 2 is 2.33 bits per heavy atom. The summed E-state index contributed by atoms with van der Waals surface area (Å²) in [6.07, 6.45) is -1.96. The summed E-state index contributed by atoms with van der Waals surface area (Å²) in [7, 11) is 0. The number of hydrogen-bond donors (Lipinski definition) is 4. The molecule has 3 heterocycles. The first kappa shape index (κ1) is 14.8. The third-order valence-electron chi connectivity index (χ3n) is 3.43. The van der Waals surface area contributed by atoms with E-state index in [9.17, 15) is 9.90 Å². The molecule has 1 saturated heterocycles. The maximum Gasteiger partial charge on any atom is 0.263 e. The average Bonchev–Trinajstić information content (AvgIpc) is 2.89. The van der Waals surface area contributed by atoms with Gasteiger partial charge in [-0.1, -0.05) is 11.6 Å². The minimum absolute atomic E-state index is 0.0485. The number of nitrogens with two attached hydrogens (primary N) is 1. The largest absolute Gasteiger partial charge is 0.394 e. The fourth-order valence-corrected chi connectivity index (χ4v) is 3.28. The molecular weight excluding hydrogens is 368 g/mol. The van der Waals surface area contributed by atoms with Crippen molar-refractivity contribution in [3.05, 3.63) is 20.0 Å². The third-order valence-corrected chi connectivity index (χ3v) is 4.80. The minimum Gasteiger partial charge on any atom is -0.394 e. The molecule has 0 bridgehead atoms. The predicted molar refractivity (Wildman–Crippen MR) is 79.1 cm³/mol. The quantitative estimate of drug-likeness (QED) is 0.597. The van der Waals surface area contributed by atoms with Gasteiger partial charge in [-0.3, -0.25) is 14.3 Å². The van der Waals surface area contributed by atoms with Crippen molar-refractivity contribution in [1.29, 1.82) is 0 Å².